The van der Waals surface area contributed by atoms with Crippen molar-refractivity contribution in [3.63, 3.8) is 0 Å². The Morgan fingerprint density at radius 2 is 1.68 bits per heavy atom. The molecule has 1 aromatic heterocycles. The predicted molar refractivity (Wildman–Crippen MR) is 149 cm³/mol. The molecule has 2 fully saturated rings. The van der Waals surface area contributed by atoms with E-state index in [1.54, 1.807) is 41.3 Å². The fourth-order valence-electron chi connectivity index (χ4n) is 5.18. The highest BCUT2D eigenvalue weighted by molar-refractivity contribution is 9.10. The molecular weight excluding hydrogens is 614 g/mol. The lowest BCUT2D eigenvalue weighted by Gasteiger charge is -2.31. The molecule has 38 heavy (non-hydrogen) atoms. The van der Waals surface area contributed by atoms with E-state index in [0.717, 1.165) is 21.4 Å². The normalized spacial score (nSPS) is 22.9. The monoisotopic (exact) mass is 633 g/mol. The van der Waals surface area contributed by atoms with Crippen molar-refractivity contribution in [3.05, 3.63) is 78.1 Å². The minimum Gasteiger partial charge on any atom is -0.378 e. The molecule has 0 saturated carbocycles. The number of imide groups is 1. The Hall–Kier alpha value is -2.44. The molecule has 0 radical (unpaired) electrons. The highest BCUT2D eigenvalue weighted by atomic mass is 79.9. The summed E-state index contributed by atoms with van der Waals surface area (Å²) in [5, 5.41) is 0.377. The number of carbonyl (C=O) groups is 3. The standard InChI is InChI=1S/C26H21BrClN3O5S2/c27-15-3-7-17(8-4-15)31-23(33)20-19(14-1-5-16(28)6-2-14)22-25(37-21(20)24(31)34)30(26(35)38-22)13-18(32)29-9-11-36-12-10-29/h1-8,19-21H,9-13H2/t19-,20+,21-/m0/s1. The Kier molecular flexibility index (Phi) is 6.98. The number of ether oxygens (including phenoxy) is 1. The number of thiazole rings is 1. The van der Waals surface area contributed by atoms with Crippen molar-refractivity contribution in [2.45, 2.75) is 22.7 Å². The van der Waals surface area contributed by atoms with Gasteiger partial charge in [0.2, 0.25) is 17.7 Å². The second-order valence-corrected chi connectivity index (χ2v) is 12.7. The maximum Gasteiger partial charge on any atom is 0.308 e. The SMILES string of the molecule is O=C(Cn1c2c(sc1=O)[C@@H](c1ccc(Cl)cc1)[C@H]1C(=O)N(c3ccc(Br)cc3)C(=O)[C@H]1S2)N1CCOCC1. The molecule has 3 aromatic rings. The summed E-state index contributed by atoms with van der Waals surface area (Å²) in [6, 6.07) is 14.2. The highest BCUT2D eigenvalue weighted by Crippen LogP contribution is 2.54. The molecule has 3 aliphatic heterocycles. The third-order valence-electron chi connectivity index (χ3n) is 7.02. The van der Waals surface area contributed by atoms with Crippen LogP contribution in [0.2, 0.25) is 5.02 Å². The number of hydrogen-bond acceptors (Lipinski definition) is 7. The van der Waals surface area contributed by atoms with E-state index in [9.17, 15) is 19.2 Å². The Balaban J connectivity index is 1.43. The number of aromatic nitrogens is 1. The van der Waals surface area contributed by atoms with Crippen LogP contribution in [0.5, 0.6) is 0 Å². The third kappa shape index (κ3) is 4.44. The van der Waals surface area contributed by atoms with Gasteiger partial charge in [0.25, 0.3) is 0 Å². The summed E-state index contributed by atoms with van der Waals surface area (Å²) >= 11 is 11.8. The number of thioether (sulfide) groups is 1. The van der Waals surface area contributed by atoms with Gasteiger partial charge in [0.15, 0.2) is 0 Å². The average molecular weight is 635 g/mol. The van der Waals surface area contributed by atoms with Crippen molar-refractivity contribution < 1.29 is 19.1 Å². The number of fused-ring (bicyclic) bond motifs is 2. The van der Waals surface area contributed by atoms with Crippen LogP contribution in [0.1, 0.15) is 16.4 Å². The van der Waals surface area contributed by atoms with Crippen molar-refractivity contribution in [3.8, 4) is 0 Å². The van der Waals surface area contributed by atoms with Crippen molar-refractivity contribution >= 4 is 74.0 Å². The minimum atomic E-state index is -0.738. The second kappa shape index (κ2) is 10.3. The summed E-state index contributed by atoms with van der Waals surface area (Å²) in [7, 11) is 0. The van der Waals surface area contributed by atoms with E-state index in [-0.39, 0.29) is 29.1 Å². The number of rotatable bonds is 4. The summed E-state index contributed by atoms with van der Waals surface area (Å²) in [4.78, 5) is 57.2. The van der Waals surface area contributed by atoms with Crippen molar-refractivity contribution in [2.24, 2.45) is 5.92 Å². The molecule has 6 rings (SSSR count). The molecule has 196 valence electrons. The lowest BCUT2D eigenvalue weighted by atomic mass is 9.83. The van der Waals surface area contributed by atoms with Crippen LogP contribution >= 0.6 is 50.6 Å². The summed E-state index contributed by atoms with van der Waals surface area (Å²) in [6.45, 7) is 1.74. The Morgan fingerprint density at radius 3 is 2.37 bits per heavy atom. The first-order valence-corrected chi connectivity index (χ1v) is 14.8. The molecule has 0 bridgehead atoms. The first kappa shape index (κ1) is 25.8. The number of hydrogen-bond donors (Lipinski definition) is 0. The molecule has 12 heteroatoms. The number of anilines is 1. The number of nitrogens with zero attached hydrogens (tertiary/aromatic N) is 3. The number of morpholine rings is 1. The van der Waals surface area contributed by atoms with Gasteiger partial charge in [-0.3, -0.25) is 23.7 Å². The van der Waals surface area contributed by atoms with Gasteiger partial charge >= 0.3 is 4.87 Å². The predicted octanol–water partition coefficient (Wildman–Crippen LogP) is 3.98. The topological polar surface area (TPSA) is 88.9 Å². The lowest BCUT2D eigenvalue weighted by Crippen LogP contribution is -2.43. The van der Waals surface area contributed by atoms with Gasteiger partial charge in [0, 0.05) is 33.4 Å². The van der Waals surface area contributed by atoms with Gasteiger partial charge in [-0.05, 0) is 42.0 Å². The first-order chi connectivity index (χ1) is 18.3. The van der Waals surface area contributed by atoms with Gasteiger partial charge in [-0.1, -0.05) is 62.8 Å². The van der Waals surface area contributed by atoms with E-state index in [1.165, 1.54) is 21.2 Å². The largest absolute Gasteiger partial charge is 0.378 e. The molecule has 2 saturated heterocycles. The maximum atomic E-state index is 13.9. The zero-order chi connectivity index (χ0) is 26.6. The smallest absolute Gasteiger partial charge is 0.308 e. The quantitative estimate of drug-likeness (QED) is 0.404. The number of halogens is 2. The zero-order valence-electron chi connectivity index (χ0n) is 19.8. The molecule has 0 aliphatic carbocycles. The maximum absolute atomic E-state index is 13.9. The molecule has 3 amide bonds. The molecule has 3 aliphatic rings. The van der Waals surface area contributed by atoms with Crippen LogP contribution in [-0.4, -0.2) is 58.7 Å². The van der Waals surface area contributed by atoms with E-state index in [4.69, 9.17) is 16.3 Å². The summed E-state index contributed by atoms with van der Waals surface area (Å²) in [6.07, 6.45) is 0. The van der Waals surface area contributed by atoms with Gasteiger partial charge < -0.3 is 9.64 Å². The van der Waals surface area contributed by atoms with Crippen LogP contribution < -0.4 is 9.77 Å². The molecule has 0 N–H and O–H groups in total. The molecule has 0 spiro atoms. The first-order valence-electron chi connectivity index (χ1n) is 12.0. The average Bonchev–Trinajstić information content (AvgIpc) is 3.36. The number of carbonyl (C=O) groups excluding carboxylic acids is 3. The van der Waals surface area contributed by atoms with E-state index in [1.807, 2.05) is 12.1 Å². The molecule has 2 aromatic carbocycles. The summed E-state index contributed by atoms with van der Waals surface area (Å²) in [5.41, 5.74) is 1.29. The van der Waals surface area contributed by atoms with Crippen LogP contribution in [0.25, 0.3) is 0 Å². The van der Waals surface area contributed by atoms with Gasteiger partial charge in [-0.15, -0.1) is 0 Å². The summed E-state index contributed by atoms with van der Waals surface area (Å²) in [5.74, 6) is -2.04. The molecular formula is C26H21BrClN3O5S2. The van der Waals surface area contributed by atoms with Crippen molar-refractivity contribution in [2.75, 3.05) is 31.2 Å². The van der Waals surface area contributed by atoms with E-state index < -0.39 is 17.1 Å². The van der Waals surface area contributed by atoms with Crippen molar-refractivity contribution in [1.29, 1.82) is 0 Å². The molecule has 8 nitrogen and oxygen atoms in total. The van der Waals surface area contributed by atoms with Gasteiger partial charge in [0.1, 0.15) is 11.8 Å². The zero-order valence-corrected chi connectivity index (χ0v) is 23.8. The van der Waals surface area contributed by atoms with Crippen LogP contribution in [0.4, 0.5) is 5.69 Å². The fourth-order valence-corrected chi connectivity index (χ4v) is 8.34. The van der Waals surface area contributed by atoms with E-state index in [2.05, 4.69) is 15.9 Å². The van der Waals surface area contributed by atoms with Crippen LogP contribution in [0.3, 0.4) is 0 Å². The minimum absolute atomic E-state index is 0.124. The summed E-state index contributed by atoms with van der Waals surface area (Å²) < 4.78 is 7.64. The van der Waals surface area contributed by atoms with Crippen LogP contribution in [0.15, 0.2) is 62.8 Å². The van der Waals surface area contributed by atoms with Crippen molar-refractivity contribution in [1.82, 2.24) is 9.47 Å². The third-order valence-corrected chi connectivity index (χ3v) is 10.4. The number of amides is 3. The van der Waals surface area contributed by atoms with Gasteiger partial charge in [-0.25, -0.2) is 4.90 Å². The van der Waals surface area contributed by atoms with E-state index >= 15 is 0 Å². The highest BCUT2D eigenvalue weighted by Gasteiger charge is 2.56. The van der Waals surface area contributed by atoms with Crippen LogP contribution in [-0.2, 0) is 25.7 Å². The second-order valence-electron chi connectivity index (χ2n) is 9.20. The number of benzene rings is 2. The molecule has 0 unspecified atom stereocenters. The lowest BCUT2D eigenvalue weighted by molar-refractivity contribution is -0.136. The van der Waals surface area contributed by atoms with Gasteiger partial charge in [-0.2, -0.15) is 0 Å². The Morgan fingerprint density at radius 1 is 1.00 bits per heavy atom. The molecule has 3 atom stereocenters. The fraction of sp³-hybridized carbons (Fsp3) is 0.308. The van der Waals surface area contributed by atoms with Gasteiger partial charge in [0.05, 0.1) is 29.8 Å². The molecule has 4 heterocycles. The van der Waals surface area contributed by atoms with Crippen LogP contribution in [0, 0.1) is 5.92 Å². The Labute approximate surface area is 239 Å². The van der Waals surface area contributed by atoms with E-state index in [0.29, 0.717) is 46.9 Å². The Bertz CT molecular complexity index is 1480.